The summed E-state index contributed by atoms with van der Waals surface area (Å²) in [6, 6.07) is -0.645. The highest BCUT2D eigenvalue weighted by Crippen LogP contribution is 2.12. The first-order valence-electron chi connectivity index (χ1n) is 18.4. The highest BCUT2D eigenvalue weighted by molar-refractivity contribution is 5.76. The fourth-order valence-electron chi connectivity index (χ4n) is 5.14. The number of aliphatic hydroxyl groups is 2. The van der Waals surface area contributed by atoms with Crippen LogP contribution < -0.4 is 5.32 Å². The minimum absolute atomic E-state index is 0.0859. The van der Waals surface area contributed by atoms with Crippen LogP contribution in [0.4, 0.5) is 0 Å². The van der Waals surface area contributed by atoms with Crippen LogP contribution >= 0.6 is 0 Å². The molecule has 0 spiro atoms. The topological polar surface area (TPSA) is 69.6 Å². The number of nitrogens with one attached hydrogen (secondary N) is 1. The summed E-state index contributed by atoms with van der Waals surface area (Å²) in [7, 11) is 0. The molecule has 0 aliphatic carbocycles. The second-order valence-corrected chi connectivity index (χ2v) is 12.3. The van der Waals surface area contributed by atoms with Gasteiger partial charge in [0.15, 0.2) is 0 Å². The molecule has 2 unspecified atom stereocenters. The van der Waals surface area contributed by atoms with Gasteiger partial charge in [0.2, 0.25) is 5.91 Å². The van der Waals surface area contributed by atoms with E-state index in [1.807, 2.05) is 6.08 Å². The number of allylic oxidation sites excluding steroid dienone is 7. The fraction of sp³-hybridized carbons (Fsp3) is 0.769. The zero-order valence-corrected chi connectivity index (χ0v) is 28.5. The summed E-state index contributed by atoms with van der Waals surface area (Å²) in [4.78, 5) is 12.3. The van der Waals surface area contributed by atoms with Crippen LogP contribution in [0.2, 0.25) is 0 Å². The molecule has 3 N–H and O–H groups in total. The van der Waals surface area contributed by atoms with Gasteiger partial charge < -0.3 is 15.5 Å². The quantitative estimate of drug-likeness (QED) is 0.0530. The molecule has 0 aromatic heterocycles. The van der Waals surface area contributed by atoms with E-state index in [-0.39, 0.29) is 12.5 Å². The summed E-state index contributed by atoms with van der Waals surface area (Å²) in [6.07, 6.45) is 46.2. The third-order valence-electron chi connectivity index (χ3n) is 8.01. The van der Waals surface area contributed by atoms with Gasteiger partial charge in [-0.15, -0.1) is 0 Å². The minimum Gasteiger partial charge on any atom is -0.394 e. The van der Waals surface area contributed by atoms with Crippen LogP contribution in [0.25, 0.3) is 0 Å². The van der Waals surface area contributed by atoms with E-state index in [1.165, 1.54) is 116 Å². The van der Waals surface area contributed by atoms with Crippen molar-refractivity contribution in [3.8, 4) is 0 Å². The first-order chi connectivity index (χ1) is 21.2. The molecule has 0 fully saturated rings. The van der Waals surface area contributed by atoms with Crippen molar-refractivity contribution in [1.29, 1.82) is 0 Å². The summed E-state index contributed by atoms with van der Waals surface area (Å²) in [5.41, 5.74) is 0. The lowest BCUT2D eigenvalue weighted by Gasteiger charge is -2.19. The van der Waals surface area contributed by atoms with Crippen molar-refractivity contribution < 1.29 is 15.0 Å². The van der Waals surface area contributed by atoms with Gasteiger partial charge >= 0.3 is 0 Å². The number of unbranched alkanes of at least 4 members (excludes halogenated alkanes) is 19. The van der Waals surface area contributed by atoms with Crippen LogP contribution in [0.15, 0.2) is 48.6 Å². The predicted octanol–water partition coefficient (Wildman–Crippen LogP) is 10.8. The van der Waals surface area contributed by atoms with E-state index in [1.54, 1.807) is 6.08 Å². The molecule has 0 aromatic carbocycles. The molecule has 0 aliphatic heterocycles. The Kier molecular flexibility index (Phi) is 33.5. The Morgan fingerprint density at radius 1 is 0.535 bits per heavy atom. The number of aliphatic hydroxyl groups excluding tert-OH is 2. The van der Waals surface area contributed by atoms with Crippen LogP contribution in [0.3, 0.4) is 0 Å². The van der Waals surface area contributed by atoms with Crippen molar-refractivity contribution in [3.05, 3.63) is 48.6 Å². The second kappa shape index (κ2) is 34.8. The first-order valence-corrected chi connectivity index (χ1v) is 18.4. The number of hydrogen-bond acceptors (Lipinski definition) is 3. The highest BCUT2D eigenvalue weighted by Gasteiger charge is 2.17. The normalized spacial score (nSPS) is 13.7. The summed E-state index contributed by atoms with van der Waals surface area (Å²) in [5, 5.41) is 22.8. The lowest BCUT2D eigenvalue weighted by Crippen LogP contribution is -2.45. The molecule has 4 nitrogen and oxygen atoms in total. The molecule has 1 amide bonds. The van der Waals surface area contributed by atoms with Gasteiger partial charge in [-0.3, -0.25) is 4.79 Å². The number of rotatable bonds is 32. The monoisotopic (exact) mass is 602 g/mol. The number of carbonyl (C=O) groups is 1. The Hall–Kier alpha value is -1.65. The van der Waals surface area contributed by atoms with E-state index in [0.717, 1.165) is 38.5 Å². The third kappa shape index (κ3) is 31.6. The Balaban J connectivity index is 3.71. The van der Waals surface area contributed by atoms with Crippen molar-refractivity contribution in [1.82, 2.24) is 5.32 Å². The molecule has 0 radical (unpaired) electrons. The van der Waals surface area contributed by atoms with Gasteiger partial charge in [0.25, 0.3) is 0 Å². The average Bonchev–Trinajstić information content (AvgIpc) is 3.01. The van der Waals surface area contributed by atoms with Gasteiger partial charge in [-0.05, 0) is 70.6 Å². The lowest BCUT2D eigenvalue weighted by molar-refractivity contribution is -0.123. The van der Waals surface area contributed by atoms with Gasteiger partial charge in [-0.1, -0.05) is 146 Å². The molecular formula is C39H71NO3. The van der Waals surface area contributed by atoms with Gasteiger partial charge in [0, 0.05) is 6.42 Å². The third-order valence-corrected chi connectivity index (χ3v) is 8.01. The molecule has 43 heavy (non-hydrogen) atoms. The van der Waals surface area contributed by atoms with Crippen LogP contribution in [-0.4, -0.2) is 34.9 Å². The molecule has 0 saturated heterocycles. The standard InChI is InChI=1S/C39H71NO3/c1-3-5-7-9-11-13-15-17-19-20-21-23-25-27-29-31-33-35-39(43)40-37(36-41)38(42)34-32-30-28-26-24-22-18-16-14-12-10-8-6-4-2/h14,16-17,19,24,26,32,34,37-38,41-42H,3-13,15,18,20-23,25,27-31,33,35-36H2,1-2H3,(H,40,43)/b16-14+,19-17-,26-24+,34-32+. The molecule has 0 heterocycles. The average molecular weight is 602 g/mol. The van der Waals surface area contributed by atoms with Crippen LogP contribution in [0, 0.1) is 0 Å². The zero-order chi connectivity index (χ0) is 31.5. The minimum atomic E-state index is -0.870. The van der Waals surface area contributed by atoms with Crippen LogP contribution in [0.1, 0.15) is 174 Å². The van der Waals surface area contributed by atoms with Gasteiger partial charge in [0.1, 0.15) is 0 Å². The van der Waals surface area contributed by atoms with Crippen molar-refractivity contribution in [2.45, 2.75) is 187 Å². The molecule has 250 valence electrons. The van der Waals surface area contributed by atoms with Crippen LogP contribution in [0.5, 0.6) is 0 Å². The summed E-state index contributed by atoms with van der Waals surface area (Å²) in [6.45, 7) is 4.25. The molecule has 4 heteroatoms. The van der Waals surface area contributed by atoms with Crippen molar-refractivity contribution >= 4 is 5.91 Å². The Bertz CT molecular complexity index is 697. The smallest absolute Gasteiger partial charge is 0.220 e. The molecule has 0 aromatic rings. The van der Waals surface area contributed by atoms with E-state index in [4.69, 9.17) is 0 Å². The Morgan fingerprint density at radius 2 is 0.907 bits per heavy atom. The molecule has 0 saturated carbocycles. The van der Waals surface area contributed by atoms with Crippen molar-refractivity contribution in [2.75, 3.05) is 6.61 Å². The summed E-state index contributed by atoms with van der Waals surface area (Å²) in [5.74, 6) is -0.0859. The van der Waals surface area contributed by atoms with E-state index < -0.39 is 12.1 Å². The van der Waals surface area contributed by atoms with Gasteiger partial charge in [0.05, 0.1) is 18.8 Å². The summed E-state index contributed by atoms with van der Waals surface area (Å²) >= 11 is 0. The van der Waals surface area contributed by atoms with Gasteiger partial charge in [-0.2, -0.15) is 0 Å². The predicted molar refractivity (Wildman–Crippen MR) is 188 cm³/mol. The Morgan fingerprint density at radius 3 is 1.37 bits per heavy atom. The Labute approximate surface area is 267 Å². The SMILES string of the molecule is CCCCCC/C=C/CC/C=C/CC/C=C/C(O)C(CO)NC(=O)CCCCCCCCC/C=C\CCCCCCCC. The maximum atomic E-state index is 12.3. The lowest BCUT2D eigenvalue weighted by atomic mass is 10.1. The maximum Gasteiger partial charge on any atom is 0.220 e. The van der Waals surface area contributed by atoms with E-state index >= 15 is 0 Å². The highest BCUT2D eigenvalue weighted by atomic mass is 16.3. The molecular weight excluding hydrogens is 530 g/mol. The summed E-state index contributed by atoms with van der Waals surface area (Å²) < 4.78 is 0. The molecule has 0 rings (SSSR count). The number of carbonyl (C=O) groups excluding carboxylic acids is 1. The van der Waals surface area contributed by atoms with Crippen molar-refractivity contribution in [2.24, 2.45) is 0 Å². The largest absolute Gasteiger partial charge is 0.394 e. The number of hydrogen-bond donors (Lipinski definition) is 3. The van der Waals surface area contributed by atoms with E-state index in [0.29, 0.717) is 6.42 Å². The molecule has 2 atom stereocenters. The van der Waals surface area contributed by atoms with E-state index in [9.17, 15) is 15.0 Å². The molecule has 0 aliphatic rings. The first kappa shape index (κ1) is 41.4. The fourth-order valence-corrected chi connectivity index (χ4v) is 5.14. The zero-order valence-electron chi connectivity index (χ0n) is 28.5. The van der Waals surface area contributed by atoms with Gasteiger partial charge in [-0.25, -0.2) is 0 Å². The van der Waals surface area contributed by atoms with Crippen LogP contribution in [-0.2, 0) is 4.79 Å². The second-order valence-electron chi connectivity index (χ2n) is 12.3. The number of amides is 1. The molecule has 0 bridgehead atoms. The van der Waals surface area contributed by atoms with Crippen molar-refractivity contribution in [3.63, 3.8) is 0 Å². The van der Waals surface area contributed by atoms with E-state index in [2.05, 4.69) is 55.6 Å². The maximum absolute atomic E-state index is 12.3.